The summed E-state index contributed by atoms with van der Waals surface area (Å²) in [5.41, 5.74) is 0.695. The lowest BCUT2D eigenvalue weighted by molar-refractivity contribution is -0.141. The van der Waals surface area contributed by atoms with E-state index in [4.69, 9.17) is 9.47 Å². The first kappa shape index (κ1) is 28.9. The number of carbonyl (C=O) groups excluding carboxylic acids is 2. The zero-order chi connectivity index (χ0) is 27.7. The van der Waals surface area contributed by atoms with Gasteiger partial charge in [-0.1, -0.05) is 31.0 Å². The number of likely N-dealkylation sites (tertiary alicyclic amines) is 1. The third-order valence-corrected chi connectivity index (χ3v) is 9.58. The van der Waals surface area contributed by atoms with Gasteiger partial charge in [-0.15, -0.1) is 0 Å². The minimum absolute atomic E-state index is 0.0313. The van der Waals surface area contributed by atoms with Crippen LogP contribution in [-0.4, -0.2) is 63.7 Å². The molecule has 1 spiro atoms. The maximum atomic E-state index is 13.3. The van der Waals surface area contributed by atoms with Crippen molar-refractivity contribution in [3.63, 3.8) is 0 Å². The number of rotatable bonds is 6. The van der Waals surface area contributed by atoms with E-state index in [1.807, 2.05) is 25.1 Å². The Morgan fingerprint density at radius 1 is 1.03 bits per heavy atom. The van der Waals surface area contributed by atoms with Crippen molar-refractivity contribution in [1.29, 1.82) is 0 Å². The standard InChI is InChI=1S/C30H40N2O6S/c1-2-37-25-11-13-26(14-12-25)39(35,36)23-15-28(33)32-20-17-30(18-21-32)16-7-3-4-8-24-9-5-6-10-27(24)38-22-19-31-29(30)34/h5-6,9-14H,2-4,7-8,15-23H2,1H3,(H,31,34). The second-order valence-corrected chi connectivity index (χ2v) is 12.5. The summed E-state index contributed by atoms with van der Waals surface area (Å²) in [6.45, 7) is 4.12. The highest BCUT2D eigenvalue weighted by molar-refractivity contribution is 7.91. The Labute approximate surface area is 232 Å². The smallest absolute Gasteiger partial charge is 0.226 e. The Hall–Kier alpha value is -3.07. The number of hydrogen-bond acceptors (Lipinski definition) is 6. The molecule has 8 nitrogen and oxygen atoms in total. The summed E-state index contributed by atoms with van der Waals surface area (Å²) in [5.74, 6) is 1.10. The first-order valence-electron chi connectivity index (χ1n) is 14.1. The molecule has 2 heterocycles. The van der Waals surface area contributed by atoms with Crippen LogP contribution < -0.4 is 14.8 Å². The van der Waals surface area contributed by atoms with Crippen molar-refractivity contribution in [2.24, 2.45) is 5.41 Å². The van der Waals surface area contributed by atoms with Gasteiger partial charge >= 0.3 is 0 Å². The molecule has 1 saturated heterocycles. The van der Waals surface area contributed by atoms with Crippen LogP contribution in [0, 0.1) is 5.41 Å². The topological polar surface area (TPSA) is 102 Å². The Morgan fingerprint density at radius 3 is 2.51 bits per heavy atom. The third-order valence-electron chi connectivity index (χ3n) is 7.85. The zero-order valence-electron chi connectivity index (χ0n) is 22.8. The van der Waals surface area contributed by atoms with Crippen LogP contribution in [-0.2, 0) is 25.8 Å². The minimum atomic E-state index is -3.59. The SMILES string of the molecule is CCOc1ccc(S(=O)(=O)CCC(=O)N2CCC3(CCCCCc4ccccc4OCCNC3=O)CC2)cc1. The number of aryl methyl sites for hydroxylation is 1. The van der Waals surface area contributed by atoms with Crippen LogP contribution >= 0.6 is 0 Å². The van der Waals surface area contributed by atoms with Gasteiger partial charge in [-0.25, -0.2) is 8.42 Å². The van der Waals surface area contributed by atoms with E-state index >= 15 is 0 Å². The molecule has 4 rings (SSSR count). The highest BCUT2D eigenvalue weighted by Gasteiger charge is 2.41. The molecule has 2 amide bonds. The van der Waals surface area contributed by atoms with Crippen molar-refractivity contribution in [3.8, 4) is 11.5 Å². The Kier molecular flexibility index (Phi) is 9.88. The fourth-order valence-electron chi connectivity index (χ4n) is 5.50. The average Bonchev–Trinajstić information content (AvgIpc) is 2.96. The molecule has 0 atom stereocenters. The molecule has 0 aliphatic carbocycles. The van der Waals surface area contributed by atoms with Gasteiger partial charge in [0.25, 0.3) is 0 Å². The normalized spacial score (nSPS) is 18.5. The molecule has 0 unspecified atom stereocenters. The summed E-state index contributed by atoms with van der Waals surface area (Å²) in [7, 11) is -3.59. The van der Waals surface area contributed by atoms with Gasteiger partial charge in [0.05, 0.1) is 29.2 Å². The monoisotopic (exact) mass is 556 g/mol. The summed E-state index contributed by atoms with van der Waals surface area (Å²) in [6.07, 6.45) is 5.83. The molecule has 2 aliphatic heterocycles. The number of fused-ring (bicyclic) bond motifs is 1. The van der Waals surface area contributed by atoms with Gasteiger partial charge in [-0.3, -0.25) is 9.59 Å². The van der Waals surface area contributed by atoms with Gasteiger partial charge in [0.1, 0.15) is 18.1 Å². The fourth-order valence-corrected chi connectivity index (χ4v) is 6.73. The van der Waals surface area contributed by atoms with Crippen molar-refractivity contribution in [2.45, 2.75) is 63.2 Å². The van der Waals surface area contributed by atoms with Crippen molar-refractivity contribution in [1.82, 2.24) is 10.2 Å². The van der Waals surface area contributed by atoms with Crippen LogP contribution in [0.2, 0.25) is 0 Å². The number of benzene rings is 2. The lowest BCUT2D eigenvalue weighted by Crippen LogP contribution is -2.51. The molecular weight excluding hydrogens is 516 g/mol. The van der Waals surface area contributed by atoms with Crippen molar-refractivity contribution in [2.75, 3.05) is 38.6 Å². The van der Waals surface area contributed by atoms with Gasteiger partial charge in [0.2, 0.25) is 11.8 Å². The molecule has 2 aromatic rings. The first-order chi connectivity index (χ1) is 18.8. The van der Waals surface area contributed by atoms with Gasteiger partial charge in [0, 0.05) is 19.5 Å². The quantitative estimate of drug-likeness (QED) is 0.573. The van der Waals surface area contributed by atoms with Crippen molar-refractivity contribution >= 4 is 21.7 Å². The van der Waals surface area contributed by atoms with E-state index in [9.17, 15) is 18.0 Å². The van der Waals surface area contributed by atoms with E-state index in [2.05, 4.69) is 11.4 Å². The predicted molar refractivity (Wildman–Crippen MR) is 150 cm³/mol. The van der Waals surface area contributed by atoms with E-state index in [-0.39, 0.29) is 28.9 Å². The van der Waals surface area contributed by atoms with Crippen molar-refractivity contribution < 1.29 is 27.5 Å². The van der Waals surface area contributed by atoms with E-state index < -0.39 is 15.3 Å². The lowest BCUT2D eigenvalue weighted by Gasteiger charge is -2.41. The van der Waals surface area contributed by atoms with E-state index in [1.54, 1.807) is 17.0 Å². The number of hydrogen-bond donors (Lipinski definition) is 1. The number of piperidine rings is 1. The minimum Gasteiger partial charge on any atom is -0.494 e. The molecule has 39 heavy (non-hydrogen) atoms. The van der Waals surface area contributed by atoms with Crippen LogP contribution in [0.25, 0.3) is 0 Å². The van der Waals surface area contributed by atoms with E-state index in [1.165, 1.54) is 17.7 Å². The Morgan fingerprint density at radius 2 is 1.77 bits per heavy atom. The summed E-state index contributed by atoms with van der Waals surface area (Å²) < 4.78 is 36.9. The number of nitrogens with one attached hydrogen (secondary N) is 1. The average molecular weight is 557 g/mol. The molecule has 0 radical (unpaired) electrons. The number of amides is 2. The maximum absolute atomic E-state index is 13.3. The summed E-state index contributed by atoms with van der Waals surface area (Å²) in [6, 6.07) is 14.4. The molecular formula is C30H40N2O6S. The Bertz CT molecular complexity index is 1220. The number of sulfone groups is 1. The molecule has 212 valence electrons. The highest BCUT2D eigenvalue weighted by Crippen LogP contribution is 2.38. The predicted octanol–water partition coefficient (Wildman–Crippen LogP) is 4.17. The lowest BCUT2D eigenvalue weighted by atomic mass is 9.73. The van der Waals surface area contributed by atoms with Crippen LogP contribution in [0.3, 0.4) is 0 Å². The van der Waals surface area contributed by atoms with Crippen LogP contribution in [0.15, 0.2) is 53.4 Å². The van der Waals surface area contributed by atoms with Gasteiger partial charge in [-0.2, -0.15) is 0 Å². The molecule has 0 bridgehead atoms. The summed E-state index contributed by atoms with van der Waals surface area (Å²) in [4.78, 5) is 28.2. The first-order valence-corrected chi connectivity index (χ1v) is 15.7. The number of nitrogens with zero attached hydrogens (tertiary/aromatic N) is 1. The molecule has 2 aliphatic rings. The molecule has 1 fully saturated rings. The van der Waals surface area contributed by atoms with Gasteiger partial charge in [-0.05, 0) is 74.9 Å². The number of carbonyl (C=O) groups is 2. The molecule has 9 heteroatoms. The van der Waals surface area contributed by atoms with E-state index in [0.717, 1.165) is 37.9 Å². The molecule has 2 aromatic carbocycles. The maximum Gasteiger partial charge on any atom is 0.226 e. The van der Waals surface area contributed by atoms with Gasteiger partial charge in [0.15, 0.2) is 9.84 Å². The molecule has 1 N–H and O–H groups in total. The van der Waals surface area contributed by atoms with Crippen LogP contribution in [0.4, 0.5) is 0 Å². The Balaban J connectivity index is 1.31. The second kappa shape index (κ2) is 13.3. The largest absolute Gasteiger partial charge is 0.494 e. The van der Waals surface area contributed by atoms with Crippen LogP contribution in [0.1, 0.15) is 57.4 Å². The summed E-state index contributed by atoms with van der Waals surface area (Å²) >= 11 is 0. The number of ether oxygens (including phenoxy) is 2. The molecule has 0 aromatic heterocycles. The highest BCUT2D eigenvalue weighted by atomic mass is 32.2. The third kappa shape index (κ3) is 7.53. The van der Waals surface area contributed by atoms with E-state index in [0.29, 0.717) is 51.4 Å². The molecule has 0 saturated carbocycles. The second-order valence-electron chi connectivity index (χ2n) is 10.4. The van der Waals surface area contributed by atoms with Crippen LogP contribution in [0.5, 0.6) is 11.5 Å². The number of para-hydroxylation sites is 1. The van der Waals surface area contributed by atoms with Gasteiger partial charge < -0.3 is 19.7 Å². The zero-order valence-corrected chi connectivity index (χ0v) is 23.6. The fraction of sp³-hybridized carbons (Fsp3) is 0.533. The van der Waals surface area contributed by atoms with Crippen molar-refractivity contribution in [3.05, 3.63) is 54.1 Å². The summed E-state index contributed by atoms with van der Waals surface area (Å²) in [5, 5.41) is 3.08.